The third-order valence-electron chi connectivity index (χ3n) is 3.23. The van der Waals surface area contributed by atoms with Crippen LogP contribution in [0.5, 0.6) is 11.5 Å². The second-order valence-electron chi connectivity index (χ2n) is 5.32. The van der Waals surface area contributed by atoms with Crippen molar-refractivity contribution in [3.8, 4) is 11.5 Å². The van der Waals surface area contributed by atoms with Crippen LogP contribution in [0.1, 0.15) is 22.8 Å². The van der Waals surface area contributed by atoms with Gasteiger partial charge in [-0.2, -0.15) is 0 Å². The Balaban J connectivity index is 1.78. The van der Waals surface area contributed by atoms with Gasteiger partial charge in [0.15, 0.2) is 0 Å². The van der Waals surface area contributed by atoms with E-state index in [1.807, 2.05) is 0 Å². The zero-order valence-electron chi connectivity index (χ0n) is 14.6. The van der Waals surface area contributed by atoms with Crippen molar-refractivity contribution in [3.63, 3.8) is 0 Å². The molecule has 140 valence electrons. The van der Waals surface area contributed by atoms with Gasteiger partial charge in [-0.05, 0) is 35.9 Å². The minimum atomic E-state index is -0.692. The van der Waals surface area contributed by atoms with E-state index in [9.17, 15) is 19.5 Å². The number of hydrogen-bond donors (Lipinski definition) is 1. The number of ether oxygens (including phenoxy) is 3. The molecule has 0 saturated heterocycles. The van der Waals surface area contributed by atoms with Gasteiger partial charge in [-0.15, -0.1) is 0 Å². The molecular formula is C20H18O7. The quantitative estimate of drug-likeness (QED) is 0.346. The molecule has 7 nitrogen and oxygen atoms in total. The molecule has 0 unspecified atom stereocenters. The summed E-state index contributed by atoms with van der Waals surface area (Å²) < 4.78 is 14.9. The first kappa shape index (κ1) is 19.7. The van der Waals surface area contributed by atoms with E-state index in [1.165, 1.54) is 43.3 Å². The Morgan fingerprint density at radius 2 is 1.63 bits per heavy atom. The van der Waals surface area contributed by atoms with Crippen molar-refractivity contribution in [3.05, 3.63) is 65.7 Å². The Bertz CT molecular complexity index is 838. The summed E-state index contributed by atoms with van der Waals surface area (Å²) in [6.45, 7) is 0.958. The van der Waals surface area contributed by atoms with Crippen LogP contribution in [0.15, 0.2) is 54.6 Å². The summed E-state index contributed by atoms with van der Waals surface area (Å²) in [7, 11) is 0. The first-order valence-corrected chi connectivity index (χ1v) is 8.04. The Hall–Kier alpha value is -3.61. The number of aromatic hydroxyl groups is 1. The fourth-order valence-electron chi connectivity index (χ4n) is 2.03. The Morgan fingerprint density at radius 3 is 2.33 bits per heavy atom. The fourth-order valence-corrected chi connectivity index (χ4v) is 2.03. The molecule has 0 spiro atoms. The van der Waals surface area contributed by atoms with Crippen molar-refractivity contribution in [1.29, 1.82) is 0 Å². The van der Waals surface area contributed by atoms with Crippen molar-refractivity contribution in [2.45, 2.75) is 6.92 Å². The molecule has 0 aliphatic rings. The van der Waals surface area contributed by atoms with E-state index in [1.54, 1.807) is 24.3 Å². The van der Waals surface area contributed by atoms with Crippen LogP contribution in [0.4, 0.5) is 0 Å². The highest BCUT2D eigenvalue weighted by atomic mass is 16.6. The molecule has 1 N–H and O–H groups in total. The van der Waals surface area contributed by atoms with Crippen molar-refractivity contribution in [1.82, 2.24) is 0 Å². The van der Waals surface area contributed by atoms with Crippen LogP contribution in [0.3, 0.4) is 0 Å². The molecule has 0 aliphatic carbocycles. The van der Waals surface area contributed by atoms with Crippen LogP contribution in [-0.4, -0.2) is 36.2 Å². The average molecular weight is 370 g/mol. The molecular weight excluding hydrogens is 352 g/mol. The molecule has 27 heavy (non-hydrogen) atoms. The lowest BCUT2D eigenvalue weighted by atomic mass is 10.2. The molecule has 0 atom stereocenters. The van der Waals surface area contributed by atoms with E-state index in [0.29, 0.717) is 0 Å². The molecule has 0 aromatic heterocycles. The van der Waals surface area contributed by atoms with Gasteiger partial charge in [0.2, 0.25) is 0 Å². The van der Waals surface area contributed by atoms with Crippen molar-refractivity contribution in [2.75, 3.05) is 13.2 Å². The molecule has 7 heteroatoms. The van der Waals surface area contributed by atoms with Crippen LogP contribution in [0, 0.1) is 0 Å². The van der Waals surface area contributed by atoms with Crippen LogP contribution in [0.25, 0.3) is 6.08 Å². The van der Waals surface area contributed by atoms with E-state index in [0.717, 1.165) is 5.56 Å². The lowest BCUT2D eigenvalue weighted by Gasteiger charge is -2.09. The minimum Gasteiger partial charge on any atom is -0.508 e. The number of rotatable bonds is 7. The molecule has 0 heterocycles. The molecule has 0 bridgehead atoms. The molecule has 0 amide bonds. The highest BCUT2D eigenvalue weighted by Gasteiger charge is 2.14. The number of para-hydroxylation sites is 1. The fraction of sp³-hybridized carbons (Fsp3) is 0.150. The maximum absolute atomic E-state index is 12.0. The summed E-state index contributed by atoms with van der Waals surface area (Å²) >= 11 is 0. The summed E-state index contributed by atoms with van der Waals surface area (Å²) in [5, 5.41) is 9.18. The van der Waals surface area contributed by atoms with E-state index < -0.39 is 17.9 Å². The number of hydrogen-bond acceptors (Lipinski definition) is 7. The number of phenolic OH excluding ortho intramolecular Hbond substituents is 1. The van der Waals surface area contributed by atoms with Crippen molar-refractivity contribution in [2.24, 2.45) is 0 Å². The number of benzene rings is 2. The number of carbonyl (C=O) groups excluding carboxylic acids is 3. The van der Waals surface area contributed by atoms with Crippen LogP contribution in [0.2, 0.25) is 0 Å². The highest BCUT2D eigenvalue weighted by Crippen LogP contribution is 2.19. The summed E-state index contributed by atoms with van der Waals surface area (Å²) in [6, 6.07) is 12.5. The molecule has 0 radical (unpaired) electrons. The van der Waals surface area contributed by atoms with Gasteiger partial charge in [-0.25, -0.2) is 9.59 Å². The van der Waals surface area contributed by atoms with E-state index in [-0.39, 0.29) is 30.3 Å². The maximum atomic E-state index is 12.0. The van der Waals surface area contributed by atoms with Gasteiger partial charge in [0, 0.05) is 13.0 Å². The number of carbonyl (C=O) groups is 3. The largest absolute Gasteiger partial charge is 0.508 e. The van der Waals surface area contributed by atoms with E-state index in [4.69, 9.17) is 14.2 Å². The molecule has 2 rings (SSSR count). The summed E-state index contributed by atoms with van der Waals surface area (Å²) in [6.07, 6.45) is 2.76. The van der Waals surface area contributed by atoms with Crippen LogP contribution < -0.4 is 4.74 Å². The monoisotopic (exact) mass is 370 g/mol. The van der Waals surface area contributed by atoms with Gasteiger partial charge in [0.25, 0.3) is 0 Å². The zero-order chi connectivity index (χ0) is 19.6. The molecule has 2 aromatic rings. The van der Waals surface area contributed by atoms with Gasteiger partial charge in [0.1, 0.15) is 30.3 Å². The van der Waals surface area contributed by atoms with Crippen molar-refractivity contribution >= 4 is 24.0 Å². The van der Waals surface area contributed by atoms with Crippen molar-refractivity contribution < 1.29 is 33.7 Å². The molecule has 0 aliphatic heterocycles. The lowest BCUT2D eigenvalue weighted by molar-refractivity contribution is -0.138. The SMILES string of the molecule is CC(=O)Oc1ccccc1C(=O)OCCOC(=O)/C=C/c1ccc(O)cc1. The van der Waals surface area contributed by atoms with Crippen LogP contribution >= 0.6 is 0 Å². The van der Waals surface area contributed by atoms with E-state index >= 15 is 0 Å². The third-order valence-corrected chi connectivity index (χ3v) is 3.23. The van der Waals surface area contributed by atoms with Gasteiger partial charge in [-0.1, -0.05) is 24.3 Å². The number of phenols is 1. The Kier molecular flexibility index (Phi) is 7.13. The average Bonchev–Trinajstić information content (AvgIpc) is 2.64. The number of esters is 3. The molecule has 0 fully saturated rings. The Labute approximate surface area is 155 Å². The van der Waals surface area contributed by atoms with Crippen LogP contribution in [-0.2, 0) is 19.1 Å². The lowest BCUT2D eigenvalue weighted by Crippen LogP contribution is -2.14. The molecule has 2 aromatic carbocycles. The Morgan fingerprint density at radius 1 is 0.963 bits per heavy atom. The normalized spacial score (nSPS) is 10.4. The first-order valence-electron chi connectivity index (χ1n) is 8.04. The van der Waals surface area contributed by atoms with E-state index in [2.05, 4.69) is 0 Å². The highest BCUT2D eigenvalue weighted by molar-refractivity contribution is 5.93. The van der Waals surface area contributed by atoms with Gasteiger partial charge in [-0.3, -0.25) is 4.79 Å². The van der Waals surface area contributed by atoms with Gasteiger partial charge < -0.3 is 19.3 Å². The van der Waals surface area contributed by atoms with Gasteiger partial charge >= 0.3 is 17.9 Å². The topological polar surface area (TPSA) is 99.1 Å². The summed E-state index contributed by atoms with van der Waals surface area (Å²) in [4.78, 5) is 34.7. The predicted octanol–water partition coefficient (Wildman–Crippen LogP) is 2.73. The summed E-state index contributed by atoms with van der Waals surface area (Å²) in [5.74, 6) is -1.61. The molecule has 0 saturated carbocycles. The standard InChI is InChI=1S/C20H18O7/c1-14(21)27-18-5-3-2-4-17(18)20(24)26-13-12-25-19(23)11-8-15-6-9-16(22)10-7-15/h2-11,22H,12-13H2,1H3/b11-8+. The first-order chi connectivity index (χ1) is 13.0. The van der Waals surface area contributed by atoms with Gasteiger partial charge in [0.05, 0.1) is 0 Å². The predicted molar refractivity (Wildman–Crippen MR) is 96.1 cm³/mol. The second kappa shape index (κ2) is 9.76. The maximum Gasteiger partial charge on any atom is 0.342 e. The smallest absolute Gasteiger partial charge is 0.342 e. The third kappa shape index (κ3) is 6.66. The zero-order valence-corrected chi connectivity index (χ0v) is 14.6. The summed E-state index contributed by atoms with van der Waals surface area (Å²) in [5.41, 5.74) is 0.824. The minimum absolute atomic E-state index is 0.101. The second-order valence-corrected chi connectivity index (χ2v) is 5.32.